The Morgan fingerprint density at radius 2 is 2.17 bits per heavy atom. The van der Waals surface area contributed by atoms with Crippen molar-refractivity contribution in [2.45, 2.75) is 9.24 Å². The number of halogens is 1. The van der Waals surface area contributed by atoms with E-state index in [1.807, 2.05) is 0 Å². The standard InChI is InChI=1S/C12H13ClN4O3S3/c1-17(2)23(19,20)8-3-4-9(13)10(5-8)15-11(18)6-21-12-16-14-7-22-12/h3-5,7H,6H2,1-2H3,(H,15,18). The van der Waals surface area contributed by atoms with Crippen molar-refractivity contribution in [2.24, 2.45) is 0 Å². The third-order valence-electron chi connectivity index (χ3n) is 2.66. The minimum Gasteiger partial charge on any atom is -0.324 e. The Labute approximate surface area is 147 Å². The van der Waals surface area contributed by atoms with Crippen LogP contribution in [0.5, 0.6) is 0 Å². The predicted octanol–water partition coefficient (Wildman–Crippen LogP) is 2.17. The van der Waals surface area contributed by atoms with Gasteiger partial charge in [0.1, 0.15) is 5.51 Å². The Morgan fingerprint density at radius 3 is 2.78 bits per heavy atom. The van der Waals surface area contributed by atoms with Gasteiger partial charge in [-0.3, -0.25) is 4.79 Å². The number of nitrogens with one attached hydrogen (secondary N) is 1. The summed E-state index contributed by atoms with van der Waals surface area (Å²) in [5.41, 5.74) is 1.82. The van der Waals surface area contributed by atoms with E-state index in [0.29, 0.717) is 4.34 Å². The van der Waals surface area contributed by atoms with Gasteiger partial charge in [-0.25, -0.2) is 12.7 Å². The van der Waals surface area contributed by atoms with E-state index in [0.717, 1.165) is 4.31 Å². The van der Waals surface area contributed by atoms with E-state index in [4.69, 9.17) is 11.6 Å². The van der Waals surface area contributed by atoms with Gasteiger partial charge < -0.3 is 5.32 Å². The molecule has 2 rings (SSSR count). The summed E-state index contributed by atoms with van der Waals surface area (Å²) in [6.07, 6.45) is 0. The number of hydrogen-bond acceptors (Lipinski definition) is 7. The van der Waals surface area contributed by atoms with Gasteiger partial charge in [-0.2, -0.15) is 0 Å². The van der Waals surface area contributed by atoms with Gasteiger partial charge in [0.25, 0.3) is 0 Å². The minimum atomic E-state index is -3.60. The van der Waals surface area contributed by atoms with Gasteiger partial charge in [0.05, 0.1) is 21.4 Å². The molecular formula is C12H13ClN4O3S3. The molecule has 23 heavy (non-hydrogen) atoms. The Morgan fingerprint density at radius 1 is 1.43 bits per heavy atom. The molecule has 0 aliphatic rings. The highest BCUT2D eigenvalue weighted by Gasteiger charge is 2.19. The first-order valence-corrected chi connectivity index (χ1v) is 9.90. The molecule has 0 spiro atoms. The minimum absolute atomic E-state index is 0.0546. The zero-order valence-electron chi connectivity index (χ0n) is 12.2. The first-order valence-electron chi connectivity index (χ1n) is 6.21. The molecule has 1 aromatic heterocycles. The van der Waals surface area contributed by atoms with Crippen LogP contribution in [-0.2, 0) is 14.8 Å². The van der Waals surface area contributed by atoms with Crippen molar-refractivity contribution in [3.8, 4) is 0 Å². The number of nitrogens with zero attached hydrogens (tertiary/aromatic N) is 3. The Bertz CT molecular complexity index is 794. The maximum absolute atomic E-state index is 12.1. The molecule has 0 fully saturated rings. The van der Waals surface area contributed by atoms with E-state index in [-0.39, 0.29) is 27.3 Å². The van der Waals surface area contributed by atoms with Crippen LogP contribution >= 0.6 is 34.7 Å². The van der Waals surface area contributed by atoms with Gasteiger partial charge in [0, 0.05) is 14.1 Å². The number of aromatic nitrogens is 2. The molecule has 124 valence electrons. The zero-order valence-corrected chi connectivity index (χ0v) is 15.4. The van der Waals surface area contributed by atoms with E-state index in [1.165, 1.54) is 55.4 Å². The van der Waals surface area contributed by atoms with Crippen LogP contribution in [0.15, 0.2) is 32.9 Å². The molecule has 0 unspecified atom stereocenters. The largest absolute Gasteiger partial charge is 0.324 e. The molecule has 1 heterocycles. The summed E-state index contributed by atoms with van der Waals surface area (Å²) in [5.74, 6) is -0.192. The van der Waals surface area contributed by atoms with Gasteiger partial charge in [-0.15, -0.1) is 10.2 Å². The molecule has 0 aliphatic carbocycles. The molecule has 1 N–H and O–H groups in total. The highest BCUT2D eigenvalue weighted by molar-refractivity contribution is 8.01. The van der Waals surface area contributed by atoms with E-state index < -0.39 is 10.0 Å². The fourth-order valence-electron chi connectivity index (χ4n) is 1.51. The van der Waals surface area contributed by atoms with E-state index in [2.05, 4.69) is 15.5 Å². The zero-order chi connectivity index (χ0) is 17.0. The SMILES string of the molecule is CN(C)S(=O)(=O)c1ccc(Cl)c(NC(=O)CSc2nncs2)c1. The van der Waals surface area contributed by atoms with Crippen LogP contribution in [-0.4, -0.2) is 48.7 Å². The summed E-state index contributed by atoms with van der Waals surface area (Å²) in [6.45, 7) is 0. The van der Waals surface area contributed by atoms with Crippen LogP contribution in [0.4, 0.5) is 5.69 Å². The van der Waals surface area contributed by atoms with Gasteiger partial charge >= 0.3 is 0 Å². The number of anilines is 1. The van der Waals surface area contributed by atoms with Crippen LogP contribution in [0, 0.1) is 0 Å². The number of sulfonamides is 1. The summed E-state index contributed by atoms with van der Waals surface area (Å²) in [5, 5.41) is 10.4. The highest BCUT2D eigenvalue weighted by Crippen LogP contribution is 2.27. The molecule has 7 nitrogen and oxygen atoms in total. The smallest absolute Gasteiger partial charge is 0.242 e. The van der Waals surface area contributed by atoms with Crippen LogP contribution in [0.1, 0.15) is 0 Å². The summed E-state index contributed by atoms with van der Waals surface area (Å²) in [6, 6.07) is 4.17. The maximum Gasteiger partial charge on any atom is 0.242 e. The topological polar surface area (TPSA) is 92.3 Å². The fraction of sp³-hybridized carbons (Fsp3) is 0.250. The first kappa shape index (κ1) is 18.1. The average molecular weight is 393 g/mol. The Hall–Kier alpha value is -1.20. The van der Waals surface area contributed by atoms with Crippen molar-refractivity contribution in [3.05, 3.63) is 28.7 Å². The van der Waals surface area contributed by atoms with Crippen LogP contribution < -0.4 is 5.32 Å². The van der Waals surface area contributed by atoms with Crippen molar-refractivity contribution in [2.75, 3.05) is 25.2 Å². The van der Waals surface area contributed by atoms with Crippen molar-refractivity contribution in [1.82, 2.24) is 14.5 Å². The molecule has 0 atom stereocenters. The average Bonchev–Trinajstić information content (AvgIpc) is 3.00. The van der Waals surface area contributed by atoms with Crippen LogP contribution in [0.25, 0.3) is 0 Å². The maximum atomic E-state index is 12.1. The number of carbonyl (C=O) groups is 1. The number of thioether (sulfide) groups is 1. The normalized spacial score (nSPS) is 11.7. The van der Waals surface area contributed by atoms with Crippen LogP contribution in [0.3, 0.4) is 0 Å². The molecule has 2 aromatic rings. The van der Waals surface area contributed by atoms with Gasteiger partial charge in [0.15, 0.2) is 4.34 Å². The molecular weight excluding hydrogens is 380 g/mol. The fourth-order valence-corrected chi connectivity index (χ4v) is 3.89. The molecule has 0 radical (unpaired) electrons. The second kappa shape index (κ2) is 7.58. The lowest BCUT2D eigenvalue weighted by Crippen LogP contribution is -2.22. The monoisotopic (exact) mass is 392 g/mol. The summed E-state index contributed by atoms with van der Waals surface area (Å²) in [7, 11) is -0.735. The Balaban J connectivity index is 2.11. The van der Waals surface area contributed by atoms with Crippen molar-refractivity contribution >= 4 is 56.3 Å². The number of benzene rings is 1. The Kier molecular flexibility index (Phi) is 5.98. The van der Waals surface area contributed by atoms with Crippen molar-refractivity contribution in [1.29, 1.82) is 0 Å². The number of rotatable bonds is 6. The van der Waals surface area contributed by atoms with Gasteiger partial charge in [-0.1, -0.05) is 34.7 Å². The van der Waals surface area contributed by atoms with E-state index in [1.54, 1.807) is 5.51 Å². The number of carbonyl (C=O) groups excluding carboxylic acids is 1. The molecule has 0 saturated carbocycles. The third-order valence-corrected chi connectivity index (χ3v) is 6.66. The van der Waals surface area contributed by atoms with Crippen molar-refractivity contribution < 1.29 is 13.2 Å². The van der Waals surface area contributed by atoms with Crippen LogP contribution in [0.2, 0.25) is 5.02 Å². The molecule has 0 saturated heterocycles. The van der Waals surface area contributed by atoms with Crippen molar-refractivity contribution in [3.63, 3.8) is 0 Å². The molecule has 0 bridgehead atoms. The molecule has 0 aliphatic heterocycles. The lowest BCUT2D eigenvalue weighted by atomic mass is 10.3. The van der Waals surface area contributed by atoms with Gasteiger partial charge in [0.2, 0.25) is 15.9 Å². The first-order chi connectivity index (χ1) is 10.8. The molecule has 1 aromatic carbocycles. The summed E-state index contributed by atoms with van der Waals surface area (Å²) < 4.78 is 26.0. The quantitative estimate of drug-likeness (QED) is 0.757. The van der Waals surface area contributed by atoms with E-state index in [9.17, 15) is 13.2 Å². The van der Waals surface area contributed by atoms with Gasteiger partial charge in [-0.05, 0) is 18.2 Å². The highest BCUT2D eigenvalue weighted by atomic mass is 35.5. The summed E-state index contributed by atoms with van der Waals surface area (Å²) >= 11 is 8.59. The lowest BCUT2D eigenvalue weighted by Gasteiger charge is -2.13. The second-order valence-electron chi connectivity index (χ2n) is 4.47. The predicted molar refractivity (Wildman–Crippen MR) is 91.6 cm³/mol. The third kappa shape index (κ3) is 4.64. The number of amides is 1. The second-order valence-corrected chi connectivity index (χ2v) is 9.09. The lowest BCUT2D eigenvalue weighted by molar-refractivity contribution is -0.113. The molecule has 1 amide bonds. The summed E-state index contributed by atoms with van der Waals surface area (Å²) in [4.78, 5) is 12.0. The number of hydrogen-bond donors (Lipinski definition) is 1. The van der Waals surface area contributed by atoms with E-state index >= 15 is 0 Å². The molecule has 11 heteroatoms.